The molecule has 9 heteroatoms. The number of aromatic nitrogens is 3. The maximum absolute atomic E-state index is 13.1. The van der Waals surface area contributed by atoms with Crippen LogP contribution in [0.3, 0.4) is 0 Å². The Labute approximate surface area is 149 Å². The summed E-state index contributed by atoms with van der Waals surface area (Å²) < 4.78 is 41.0. The number of carbonyl (C=O) groups is 1. The van der Waals surface area contributed by atoms with E-state index in [2.05, 4.69) is 15.4 Å². The number of hydrogen-bond donors (Lipinski definition) is 1. The molecule has 2 aromatic rings. The molecule has 140 valence electrons. The zero-order valence-electron chi connectivity index (χ0n) is 14.5. The molecular weight excluding hydrogens is 347 g/mol. The van der Waals surface area contributed by atoms with Gasteiger partial charge in [-0.15, -0.1) is 0 Å². The number of rotatable bonds is 3. The molecule has 1 unspecified atom stereocenters. The van der Waals surface area contributed by atoms with Crippen LogP contribution < -0.4 is 5.32 Å². The molecule has 0 saturated carbocycles. The van der Waals surface area contributed by atoms with Crippen molar-refractivity contribution in [2.45, 2.75) is 38.5 Å². The van der Waals surface area contributed by atoms with Crippen molar-refractivity contribution < 1.29 is 18.0 Å². The quantitative estimate of drug-likeness (QED) is 0.907. The fraction of sp³-hybridized carbons (Fsp3) is 0.471. The van der Waals surface area contributed by atoms with Crippen molar-refractivity contribution in [1.29, 1.82) is 0 Å². The molecule has 1 saturated heterocycles. The molecule has 26 heavy (non-hydrogen) atoms. The monoisotopic (exact) mass is 367 g/mol. The first kappa shape index (κ1) is 18.2. The van der Waals surface area contributed by atoms with Crippen LogP contribution in [0, 0.1) is 5.92 Å². The second-order valence-electron chi connectivity index (χ2n) is 6.82. The highest BCUT2D eigenvalue weighted by molar-refractivity contribution is 5.75. The minimum atomic E-state index is -4.32. The minimum Gasteiger partial charge on any atom is -0.334 e. The SMILES string of the molecule is CC1(C)C(C(F)(F)F)CCN1C(=O)NCc1ccnc(-n2cccn2)c1. The molecule has 0 aliphatic carbocycles. The van der Waals surface area contributed by atoms with E-state index in [1.165, 1.54) is 18.7 Å². The molecule has 1 fully saturated rings. The van der Waals surface area contributed by atoms with Gasteiger partial charge in [-0.25, -0.2) is 14.5 Å². The summed E-state index contributed by atoms with van der Waals surface area (Å²) in [6, 6.07) is 4.77. The number of carbonyl (C=O) groups excluding carboxylic acids is 1. The molecule has 0 aromatic carbocycles. The topological polar surface area (TPSA) is 63.1 Å². The average Bonchev–Trinajstić information content (AvgIpc) is 3.19. The predicted molar refractivity (Wildman–Crippen MR) is 88.5 cm³/mol. The predicted octanol–water partition coefficient (Wildman–Crippen LogP) is 3.14. The summed E-state index contributed by atoms with van der Waals surface area (Å²) in [5, 5.41) is 6.79. The van der Waals surface area contributed by atoms with Gasteiger partial charge in [0.2, 0.25) is 0 Å². The van der Waals surface area contributed by atoms with E-state index in [0.717, 1.165) is 5.56 Å². The molecule has 0 bridgehead atoms. The van der Waals surface area contributed by atoms with Gasteiger partial charge >= 0.3 is 12.2 Å². The number of hydrogen-bond acceptors (Lipinski definition) is 3. The van der Waals surface area contributed by atoms with Gasteiger partial charge in [-0.1, -0.05) is 0 Å². The highest BCUT2D eigenvalue weighted by Gasteiger charge is 2.56. The van der Waals surface area contributed by atoms with E-state index in [9.17, 15) is 18.0 Å². The molecule has 3 rings (SSSR count). The summed E-state index contributed by atoms with van der Waals surface area (Å²) in [4.78, 5) is 17.9. The van der Waals surface area contributed by atoms with Gasteiger partial charge in [-0.3, -0.25) is 0 Å². The normalized spacial score (nSPS) is 19.6. The second-order valence-corrected chi connectivity index (χ2v) is 6.82. The van der Waals surface area contributed by atoms with Crippen LogP contribution in [0.15, 0.2) is 36.8 Å². The van der Waals surface area contributed by atoms with E-state index in [1.807, 2.05) is 0 Å². The van der Waals surface area contributed by atoms with Crippen LogP contribution in [0.25, 0.3) is 5.82 Å². The molecule has 1 N–H and O–H groups in total. The van der Waals surface area contributed by atoms with E-state index in [0.29, 0.717) is 5.82 Å². The van der Waals surface area contributed by atoms with Gasteiger partial charge in [0.15, 0.2) is 5.82 Å². The minimum absolute atomic E-state index is 0.0807. The molecule has 1 aliphatic heterocycles. The van der Waals surface area contributed by atoms with Gasteiger partial charge in [0, 0.05) is 31.7 Å². The maximum atomic E-state index is 13.1. The largest absolute Gasteiger partial charge is 0.394 e. The van der Waals surface area contributed by atoms with Crippen LogP contribution in [-0.2, 0) is 6.54 Å². The van der Waals surface area contributed by atoms with Crippen LogP contribution in [0.4, 0.5) is 18.0 Å². The van der Waals surface area contributed by atoms with Gasteiger partial charge in [-0.2, -0.15) is 18.3 Å². The third-order valence-electron chi connectivity index (χ3n) is 4.82. The average molecular weight is 367 g/mol. The smallest absolute Gasteiger partial charge is 0.334 e. The summed E-state index contributed by atoms with van der Waals surface area (Å²) in [6.07, 6.45) is 0.570. The Morgan fingerprint density at radius 1 is 1.38 bits per heavy atom. The van der Waals surface area contributed by atoms with E-state index >= 15 is 0 Å². The number of pyridine rings is 1. The zero-order chi connectivity index (χ0) is 18.9. The number of halogens is 3. The summed E-state index contributed by atoms with van der Waals surface area (Å²) in [5.74, 6) is -0.923. The van der Waals surface area contributed by atoms with Crippen LogP contribution in [0.2, 0.25) is 0 Å². The maximum Gasteiger partial charge on any atom is 0.394 e. The lowest BCUT2D eigenvalue weighted by Gasteiger charge is -2.36. The molecule has 6 nitrogen and oxygen atoms in total. The van der Waals surface area contributed by atoms with E-state index in [-0.39, 0.29) is 19.5 Å². The molecule has 3 heterocycles. The highest BCUT2D eigenvalue weighted by atomic mass is 19.4. The molecule has 0 radical (unpaired) electrons. The number of nitrogens with zero attached hydrogens (tertiary/aromatic N) is 4. The molecule has 0 spiro atoms. The third-order valence-corrected chi connectivity index (χ3v) is 4.82. The van der Waals surface area contributed by atoms with E-state index in [4.69, 9.17) is 0 Å². The highest BCUT2D eigenvalue weighted by Crippen LogP contribution is 2.44. The number of likely N-dealkylation sites (tertiary alicyclic amines) is 1. The van der Waals surface area contributed by atoms with Gasteiger partial charge in [0.05, 0.1) is 11.5 Å². The van der Waals surface area contributed by atoms with Crippen LogP contribution in [-0.4, -0.2) is 44.0 Å². The van der Waals surface area contributed by atoms with Crippen molar-refractivity contribution in [2.24, 2.45) is 5.92 Å². The van der Waals surface area contributed by atoms with Crippen molar-refractivity contribution in [1.82, 2.24) is 25.0 Å². The molecule has 1 aliphatic rings. The van der Waals surface area contributed by atoms with Crippen molar-refractivity contribution in [2.75, 3.05) is 6.54 Å². The van der Waals surface area contributed by atoms with Crippen LogP contribution >= 0.6 is 0 Å². The zero-order valence-corrected chi connectivity index (χ0v) is 14.5. The standard InChI is InChI=1S/C17H20F3N5O/c1-16(2)13(17(18,19)20)5-9-24(16)15(26)22-11-12-4-7-21-14(10-12)25-8-3-6-23-25/h3-4,6-8,10,13H,5,9,11H2,1-2H3,(H,22,26). The molecule has 2 aromatic heterocycles. The fourth-order valence-electron chi connectivity index (χ4n) is 3.39. The summed E-state index contributed by atoms with van der Waals surface area (Å²) in [6.45, 7) is 3.19. The Bertz CT molecular complexity index is 773. The van der Waals surface area contributed by atoms with E-state index < -0.39 is 23.7 Å². The number of alkyl halides is 3. The summed E-state index contributed by atoms with van der Waals surface area (Å²) >= 11 is 0. The van der Waals surface area contributed by atoms with Crippen molar-refractivity contribution in [3.63, 3.8) is 0 Å². The first-order valence-corrected chi connectivity index (χ1v) is 8.27. The van der Waals surface area contributed by atoms with Crippen molar-refractivity contribution in [3.8, 4) is 5.82 Å². The fourth-order valence-corrected chi connectivity index (χ4v) is 3.39. The Hall–Kier alpha value is -2.58. The van der Waals surface area contributed by atoms with Gasteiger partial charge in [0.1, 0.15) is 0 Å². The Kier molecular flexibility index (Phi) is 4.64. The first-order chi connectivity index (χ1) is 12.2. The Balaban J connectivity index is 1.66. The van der Waals surface area contributed by atoms with E-state index in [1.54, 1.807) is 41.5 Å². The number of urea groups is 1. The van der Waals surface area contributed by atoms with Gasteiger partial charge < -0.3 is 10.2 Å². The third kappa shape index (κ3) is 3.51. The van der Waals surface area contributed by atoms with Gasteiger partial charge in [-0.05, 0) is 44.0 Å². The summed E-state index contributed by atoms with van der Waals surface area (Å²) in [7, 11) is 0. The Morgan fingerprint density at radius 2 is 2.15 bits per heavy atom. The molecule has 1 atom stereocenters. The summed E-state index contributed by atoms with van der Waals surface area (Å²) in [5.41, 5.74) is -0.496. The first-order valence-electron chi connectivity index (χ1n) is 8.27. The lowest BCUT2D eigenvalue weighted by Crippen LogP contribution is -2.52. The van der Waals surface area contributed by atoms with Crippen molar-refractivity contribution in [3.05, 3.63) is 42.4 Å². The van der Waals surface area contributed by atoms with Gasteiger partial charge in [0.25, 0.3) is 0 Å². The van der Waals surface area contributed by atoms with Crippen LogP contribution in [0.5, 0.6) is 0 Å². The van der Waals surface area contributed by atoms with Crippen molar-refractivity contribution >= 4 is 6.03 Å². The van der Waals surface area contributed by atoms with Crippen LogP contribution in [0.1, 0.15) is 25.8 Å². The second kappa shape index (κ2) is 6.62. The Morgan fingerprint density at radius 3 is 2.77 bits per heavy atom. The lowest BCUT2D eigenvalue weighted by molar-refractivity contribution is -0.189. The molecule has 2 amide bonds. The molecular formula is C17H20F3N5O. The lowest BCUT2D eigenvalue weighted by atomic mass is 9.88. The number of nitrogens with one attached hydrogen (secondary N) is 1. The number of amides is 2.